The molecule has 1 heterocycles. The van der Waals surface area contributed by atoms with E-state index in [4.69, 9.17) is 0 Å². The zero-order chi connectivity index (χ0) is 14.0. The molecule has 0 aliphatic rings. The first kappa shape index (κ1) is 13.8. The van der Waals surface area contributed by atoms with Crippen LogP contribution in [0.5, 0.6) is 0 Å². The van der Waals surface area contributed by atoms with Gasteiger partial charge in [0.2, 0.25) is 0 Å². The molecule has 0 spiro atoms. The molecule has 0 fully saturated rings. The van der Waals surface area contributed by atoms with Gasteiger partial charge in [-0.15, -0.1) is 9.24 Å². The quantitative estimate of drug-likeness (QED) is 0.791. The normalized spacial score (nSPS) is 10.5. The van der Waals surface area contributed by atoms with Crippen LogP contribution in [-0.2, 0) is 6.16 Å². The Balaban J connectivity index is 2.67. The first-order chi connectivity index (χ1) is 9.04. The summed E-state index contributed by atoms with van der Waals surface area (Å²) < 4.78 is 14.4. The molecule has 2 nitrogen and oxygen atoms in total. The highest BCUT2D eigenvalue weighted by Crippen LogP contribution is 2.29. The lowest BCUT2D eigenvalue weighted by atomic mass is 10.0. The van der Waals surface area contributed by atoms with Gasteiger partial charge in [0.25, 0.3) is 0 Å². The van der Waals surface area contributed by atoms with Crippen molar-refractivity contribution in [3.05, 3.63) is 53.7 Å². The van der Waals surface area contributed by atoms with Crippen LogP contribution in [0.3, 0.4) is 0 Å². The topological polar surface area (TPSA) is 25.8 Å². The molecule has 1 aromatic carbocycles. The highest BCUT2D eigenvalue weighted by molar-refractivity contribution is 7.15. The molecule has 1 unspecified atom stereocenters. The largest absolute Gasteiger partial charge is 0.260 e. The Labute approximate surface area is 115 Å². The first-order valence-electron chi connectivity index (χ1n) is 6.01. The molecule has 2 rings (SSSR count). The molecule has 0 aliphatic carbocycles. The predicted octanol–water partition coefficient (Wildman–Crippen LogP) is 4.00. The van der Waals surface area contributed by atoms with E-state index in [9.17, 15) is 4.39 Å². The summed E-state index contributed by atoms with van der Waals surface area (Å²) in [6.45, 7) is 7.45. The molecule has 0 saturated carbocycles. The minimum Gasteiger partial charge on any atom is -0.260 e. The van der Waals surface area contributed by atoms with Gasteiger partial charge in [-0.3, -0.25) is 4.98 Å². The second-order valence-corrected chi connectivity index (χ2v) is 4.91. The fourth-order valence-corrected chi connectivity index (χ4v) is 2.20. The molecule has 0 radical (unpaired) electrons. The van der Waals surface area contributed by atoms with Crippen LogP contribution in [0.25, 0.3) is 16.8 Å². The summed E-state index contributed by atoms with van der Waals surface area (Å²) in [6, 6.07) is 3.71. The monoisotopic (exact) mass is 274 g/mol. The van der Waals surface area contributed by atoms with E-state index in [1.165, 1.54) is 0 Å². The van der Waals surface area contributed by atoms with E-state index in [1.54, 1.807) is 25.4 Å². The fourth-order valence-electron chi connectivity index (χ4n) is 1.86. The average molecular weight is 274 g/mol. The van der Waals surface area contributed by atoms with Gasteiger partial charge in [-0.05, 0) is 36.7 Å². The summed E-state index contributed by atoms with van der Waals surface area (Å²) in [5, 5.41) is 0. The zero-order valence-corrected chi connectivity index (χ0v) is 12.2. The summed E-state index contributed by atoms with van der Waals surface area (Å²) in [5.74, 6) is -0.229. The lowest BCUT2D eigenvalue weighted by Gasteiger charge is -2.11. The van der Waals surface area contributed by atoms with Crippen molar-refractivity contribution in [1.29, 1.82) is 0 Å². The zero-order valence-electron chi connectivity index (χ0n) is 11.1. The van der Waals surface area contributed by atoms with Gasteiger partial charge in [-0.1, -0.05) is 18.7 Å². The lowest BCUT2D eigenvalue weighted by molar-refractivity contribution is 0.620. The Hall–Kier alpha value is -1.60. The number of hydrogen-bond donors (Lipinski definition) is 0. The molecule has 1 atom stereocenters. The highest BCUT2D eigenvalue weighted by Gasteiger charge is 2.14. The fraction of sp³-hybridized carbons (Fsp3) is 0.200. The van der Waals surface area contributed by atoms with Gasteiger partial charge in [0.15, 0.2) is 0 Å². The molecule has 19 heavy (non-hydrogen) atoms. The van der Waals surface area contributed by atoms with E-state index in [0.29, 0.717) is 28.7 Å². The van der Waals surface area contributed by atoms with E-state index >= 15 is 0 Å². The number of aryl methyl sites for hydroxylation is 1. The molecular formula is C15H16FN2P. The number of aromatic nitrogens is 2. The van der Waals surface area contributed by atoms with Gasteiger partial charge >= 0.3 is 0 Å². The SMILES string of the molecule is C=C(C)c1cncc(-c2c(CP)ccc(C)c2F)n1. The molecule has 4 heteroatoms. The maximum atomic E-state index is 14.4. The lowest BCUT2D eigenvalue weighted by Crippen LogP contribution is -1.99. The summed E-state index contributed by atoms with van der Waals surface area (Å²) in [7, 11) is 2.62. The Kier molecular flexibility index (Phi) is 4.06. The maximum Gasteiger partial charge on any atom is 0.135 e. The van der Waals surface area contributed by atoms with Crippen LogP contribution >= 0.6 is 9.24 Å². The van der Waals surface area contributed by atoms with Gasteiger partial charge in [0.05, 0.1) is 23.8 Å². The van der Waals surface area contributed by atoms with Crippen LogP contribution in [0.15, 0.2) is 31.1 Å². The van der Waals surface area contributed by atoms with Crippen LogP contribution < -0.4 is 0 Å². The van der Waals surface area contributed by atoms with Gasteiger partial charge < -0.3 is 0 Å². The standard InChI is InChI=1S/C15H16FN2P/c1-9(2)12-6-17-7-13(18-12)14-11(8-19)5-4-10(3)15(14)16/h4-7H,1,8,19H2,2-3H3. The Morgan fingerprint density at radius 2 is 2.11 bits per heavy atom. The second kappa shape index (κ2) is 5.58. The van der Waals surface area contributed by atoms with Crippen molar-refractivity contribution in [1.82, 2.24) is 9.97 Å². The number of benzene rings is 1. The number of halogens is 1. The Bertz CT molecular complexity index is 638. The van der Waals surface area contributed by atoms with E-state index in [0.717, 1.165) is 11.1 Å². The van der Waals surface area contributed by atoms with Crippen molar-refractivity contribution in [2.45, 2.75) is 20.0 Å². The molecule has 1 aromatic heterocycles. The summed E-state index contributed by atoms with van der Waals surface area (Å²) in [6.07, 6.45) is 3.90. The number of hydrogen-bond acceptors (Lipinski definition) is 2. The van der Waals surface area contributed by atoms with E-state index in [2.05, 4.69) is 25.8 Å². The maximum absolute atomic E-state index is 14.4. The van der Waals surface area contributed by atoms with Crippen LogP contribution in [0.1, 0.15) is 23.7 Å². The van der Waals surface area contributed by atoms with Crippen LogP contribution in [0, 0.1) is 12.7 Å². The smallest absolute Gasteiger partial charge is 0.135 e. The van der Waals surface area contributed by atoms with Crippen molar-refractivity contribution >= 4 is 14.8 Å². The van der Waals surface area contributed by atoms with Gasteiger partial charge in [-0.2, -0.15) is 0 Å². The van der Waals surface area contributed by atoms with Crippen molar-refractivity contribution in [2.75, 3.05) is 0 Å². The third-order valence-corrected chi connectivity index (χ3v) is 3.41. The summed E-state index contributed by atoms with van der Waals surface area (Å²) in [4.78, 5) is 8.57. The minimum atomic E-state index is -0.229. The molecule has 0 aliphatic heterocycles. The third-order valence-electron chi connectivity index (χ3n) is 2.97. The number of rotatable bonds is 3. The summed E-state index contributed by atoms with van der Waals surface area (Å²) >= 11 is 0. The first-order valence-corrected chi connectivity index (χ1v) is 6.82. The van der Waals surface area contributed by atoms with Crippen molar-refractivity contribution in [2.24, 2.45) is 0 Å². The van der Waals surface area contributed by atoms with Gasteiger partial charge in [0.1, 0.15) is 5.82 Å². The van der Waals surface area contributed by atoms with E-state index in [1.807, 2.05) is 13.0 Å². The molecule has 98 valence electrons. The molecule has 0 saturated heterocycles. The van der Waals surface area contributed by atoms with Gasteiger partial charge in [0, 0.05) is 5.56 Å². The molecule has 0 amide bonds. The molecule has 0 N–H and O–H groups in total. The van der Waals surface area contributed by atoms with Crippen LogP contribution in [-0.4, -0.2) is 9.97 Å². The second-order valence-electron chi connectivity index (χ2n) is 4.50. The highest BCUT2D eigenvalue weighted by atomic mass is 31.0. The van der Waals surface area contributed by atoms with Gasteiger partial charge in [-0.25, -0.2) is 9.37 Å². The van der Waals surface area contributed by atoms with Crippen LogP contribution in [0.2, 0.25) is 0 Å². The van der Waals surface area contributed by atoms with Crippen molar-refractivity contribution < 1.29 is 4.39 Å². The number of nitrogens with zero attached hydrogens (tertiary/aromatic N) is 2. The van der Waals surface area contributed by atoms with Crippen molar-refractivity contribution in [3.63, 3.8) is 0 Å². The van der Waals surface area contributed by atoms with E-state index in [-0.39, 0.29) is 5.82 Å². The molecule has 2 aromatic rings. The number of allylic oxidation sites excluding steroid dienone is 1. The Morgan fingerprint density at radius 1 is 1.37 bits per heavy atom. The third kappa shape index (κ3) is 2.71. The van der Waals surface area contributed by atoms with E-state index < -0.39 is 0 Å². The predicted molar refractivity (Wildman–Crippen MR) is 80.3 cm³/mol. The molecule has 0 bridgehead atoms. The minimum absolute atomic E-state index is 0.229. The van der Waals surface area contributed by atoms with Crippen LogP contribution in [0.4, 0.5) is 4.39 Å². The van der Waals surface area contributed by atoms with Crippen molar-refractivity contribution in [3.8, 4) is 11.3 Å². The average Bonchev–Trinajstić information content (AvgIpc) is 2.41. The Morgan fingerprint density at radius 3 is 2.74 bits per heavy atom. The molecular weight excluding hydrogens is 258 g/mol. The summed E-state index contributed by atoms with van der Waals surface area (Å²) in [5.41, 5.74) is 4.11.